The molecule has 1 aromatic heterocycles. The maximum atomic E-state index is 12.6. The number of nitrogens with zero attached hydrogens (tertiary/aromatic N) is 2. The number of amides is 1. The van der Waals surface area contributed by atoms with E-state index >= 15 is 0 Å². The van der Waals surface area contributed by atoms with Gasteiger partial charge in [0.05, 0.1) is 12.8 Å². The van der Waals surface area contributed by atoms with E-state index in [4.69, 9.17) is 16.3 Å². The first-order valence-electron chi connectivity index (χ1n) is 9.32. The molecule has 5 nitrogen and oxygen atoms in total. The standard InChI is InChI=1S/C22H22ClN3O2/c1-26-20(15-7-11-18(28-2)12-8-15)19(13-14-3-4-14)24-22(26)25-21(27)16-5-9-17(23)10-6-16/h5-12,14H,3-4,13H2,1-2H3,(H,24,25,27). The average Bonchev–Trinajstić information content (AvgIpc) is 3.47. The Balaban J connectivity index is 1.76. The van der Waals surface area contributed by atoms with Crippen LogP contribution < -0.4 is 10.4 Å². The third-order valence-corrected chi connectivity index (χ3v) is 5.31. The van der Waals surface area contributed by atoms with Crippen molar-refractivity contribution in [1.82, 2.24) is 9.55 Å². The van der Waals surface area contributed by atoms with Crippen molar-refractivity contribution >= 4 is 17.5 Å². The molecule has 0 saturated heterocycles. The van der Waals surface area contributed by atoms with Crippen LogP contribution in [-0.4, -0.2) is 22.6 Å². The fraction of sp³-hybridized carbons (Fsp3) is 0.273. The number of aromatic amines is 1. The van der Waals surface area contributed by atoms with Gasteiger partial charge in [0, 0.05) is 28.9 Å². The Kier molecular flexibility index (Phi) is 5.09. The molecule has 2 aromatic carbocycles. The van der Waals surface area contributed by atoms with Gasteiger partial charge in [-0.2, -0.15) is 4.99 Å². The lowest BCUT2D eigenvalue weighted by Crippen LogP contribution is -2.18. The second-order valence-corrected chi connectivity index (χ2v) is 7.57. The van der Waals surface area contributed by atoms with Gasteiger partial charge >= 0.3 is 0 Å². The van der Waals surface area contributed by atoms with Gasteiger partial charge in [-0.15, -0.1) is 0 Å². The molecule has 1 fully saturated rings. The van der Waals surface area contributed by atoms with E-state index in [9.17, 15) is 4.79 Å². The molecule has 1 N–H and O–H groups in total. The van der Waals surface area contributed by atoms with Crippen LogP contribution in [0.2, 0.25) is 5.02 Å². The van der Waals surface area contributed by atoms with Crippen molar-refractivity contribution in [3.63, 3.8) is 0 Å². The number of nitrogens with one attached hydrogen (secondary N) is 1. The second kappa shape index (κ2) is 7.68. The summed E-state index contributed by atoms with van der Waals surface area (Å²) in [5.41, 5.74) is 4.28. The van der Waals surface area contributed by atoms with Gasteiger partial charge in [0.25, 0.3) is 5.91 Å². The van der Waals surface area contributed by atoms with E-state index in [0.717, 1.165) is 29.1 Å². The molecule has 4 rings (SSSR count). The number of carbonyl (C=O) groups excluding carboxylic acids is 1. The summed E-state index contributed by atoms with van der Waals surface area (Å²) in [7, 11) is 3.59. The van der Waals surface area contributed by atoms with Crippen LogP contribution in [0.3, 0.4) is 0 Å². The fourth-order valence-electron chi connectivity index (χ4n) is 3.32. The van der Waals surface area contributed by atoms with Crippen LogP contribution >= 0.6 is 11.6 Å². The van der Waals surface area contributed by atoms with Crippen LogP contribution in [0.15, 0.2) is 53.5 Å². The highest BCUT2D eigenvalue weighted by molar-refractivity contribution is 6.30. The van der Waals surface area contributed by atoms with Crippen molar-refractivity contribution in [1.29, 1.82) is 0 Å². The van der Waals surface area contributed by atoms with Gasteiger partial charge in [-0.25, -0.2) is 0 Å². The SMILES string of the molecule is COc1ccc(-c2c(CC3CC3)[nH]/c(=N\C(=O)c3ccc(Cl)cc3)n2C)cc1. The monoisotopic (exact) mass is 395 g/mol. The van der Waals surface area contributed by atoms with Crippen LogP contribution in [0, 0.1) is 5.92 Å². The van der Waals surface area contributed by atoms with Gasteiger partial charge in [-0.3, -0.25) is 4.79 Å². The van der Waals surface area contributed by atoms with E-state index < -0.39 is 0 Å². The highest BCUT2D eigenvalue weighted by Gasteiger charge is 2.25. The number of aromatic nitrogens is 2. The number of rotatable bonds is 5. The molecule has 0 bridgehead atoms. The number of H-pyrrole nitrogens is 1. The molecule has 1 heterocycles. The van der Waals surface area contributed by atoms with E-state index in [0.29, 0.717) is 22.1 Å². The van der Waals surface area contributed by atoms with E-state index in [1.807, 2.05) is 35.9 Å². The Morgan fingerprint density at radius 2 is 1.86 bits per heavy atom. The van der Waals surface area contributed by atoms with Crippen molar-refractivity contribution in [3.05, 3.63) is 70.4 Å². The number of imidazole rings is 1. The number of carbonyl (C=O) groups is 1. The summed E-state index contributed by atoms with van der Waals surface area (Å²) < 4.78 is 7.22. The molecule has 6 heteroatoms. The smallest absolute Gasteiger partial charge is 0.280 e. The number of benzene rings is 2. The maximum Gasteiger partial charge on any atom is 0.280 e. The van der Waals surface area contributed by atoms with Gasteiger partial charge in [-0.1, -0.05) is 11.6 Å². The molecular formula is C22H22ClN3O2. The molecular weight excluding hydrogens is 374 g/mol. The zero-order valence-corrected chi connectivity index (χ0v) is 16.7. The molecule has 28 heavy (non-hydrogen) atoms. The lowest BCUT2D eigenvalue weighted by Gasteiger charge is -2.07. The summed E-state index contributed by atoms with van der Waals surface area (Å²) in [5.74, 6) is 1.22. The van der Waals surface area contributed by atoms with Crippen LogP contribution in [0.25, 0.3) is 11.3 Å². The first-order valence-corrected chi connectivity index (χ1v) is 9.70. The summed E-state index contributed by atoms with van der Waals surface area (Å²) in [6.45, 7) is 0. The van der Waals surface area contributed by atoms with E-state index in [2.05, 4.69) is 9.98 Å². The molecule has 0 aliphatic heterocycles. The van der Waals surface area contributed by atoms with Crippen LogP contribution in [-0.2, 0) is 13.5 Å². The number of ether oxygens (including phenoxy) is 1. The predicted octanol–water partition coefficient (Wildman–Crippen LogP) is 4.38. The molecule has 1 saturated carbocycles. The summed E-state index contributed by atoms with van der Waals surface area (Å²) in [4.78, 5) is 20.3. The zero-order valence-electron chi connectivity index (χ0n) is 15.9. The molecule has 1 amide bonds. The van der Waals surface area contributed by atoms with Gasteiger partial charge < -0.3 is 14.3 Å². The summed E-state index contributed by atoms with van der Waals surface area (Å²) >= 11 is 5.91. The molecule has 144 valence electrons. The van der Waals surface area contributed by atoms with E-state index in [-0.39, 0.29) is 5.91 Å². The van der Waals surface area contributed by atoms with Gasteiger partial charge in [0.15, 0.2) is 0 Å². The van der Waals surface area contributed by atoms with Crippen LogP contribution in [0.1, 0.15) is 28.9 Å². The quantitative estimate of drug-likeness (QED) is 0.697. The van der Waals surface area contributed by atoms with Crippen molar-refractivity contribution in [3.8, 4) is 17.0 Å². The van der Waals surface area contributed by atoms with Crippen LogP contribution in [0.4, 0.5) is 0 Å². The number of halogens is 1. The van der Waals surface area contributed by atoms with Crippen LogP contribution in [0.5, 0.6) is 5.75 Å². The normalized spacial score (nSPS) is 14.3. The second-order valence-electron chi connectivity index (χ2n) is 7.13. The number of methoxy groups -OCH3 is 1. The Morgan fingerprint density at radius 1 is 1.18 bits per heavy atom. The largest absolute Gasteiger partial charge is 0.497 e. The molecule has 3 aromatic rings. The van der Waals surface area contributed by atoms with E-state index in [1.165, 1.54) is 12.8 Å². The molecule has 1 aliphatic carbocycles. The maximum absolute atomic E-state index is 12.6. The van der Waals surface area contributed by atoms with Crippen molar-refractivity contribution in [2.24, 2.45) is 18.0 Å². The van der Waals surface area contributed by atoms with Gasteiger partial charge in [-0.05, 0) is 73.7 Å². The Labute approximate surface area is 168 Å². The average molecular weight is 396 g/mol. The lowest BCUT2D eigenvalue weighted by molar-refractivity contribution is 0.0996. The van der Waals surface area contributed by atoms with E-state index in [1.54, 1.807) is 31.4 Å². The highest BCUT2D eigenvalue weighted by Crippen LogP contribution is 2.35. The van der Waals surface area contributed by atoms with Gasteiger partial charge in [0.1, 0.15) is 5.75 Å². The molecule has 0 atom stereocenters. The third-order valence-electron chi connectivity index (χ3n) is 5.05. The molecule has 0 radical (unpaired) electrons. The summed E-state index contributed by atoms with van der Waals surface area (Å²) in [6, 6.07) is 14.7. The Morgan fingerprint density at radius 3 is 2.46 bits per heavy atom. The Hall–Kier alpha value is -2.79. The van der Waals surface area contributed by atoms with Gasteiger partial charge in [0.2, 0.25) is 5.62 Å². The van der Waals surface area contributed by atoms with Crippen molar-refractivity contribution in [2.45, 2.75) is 19.3 Å². The molecule has 0 spiro atoms. The zero-order chi connectivity index (χ0) is 19.7. The first-order chi connectivity index (χ1) is 13.5. The summed E-state index contributed by atoms with van der Waals surface area (Å²) in [6.07, 6.45) is 3.46. The minimum atomic E-state index is -0.298. The first kappa shape index (κ1) is 18.6. The number of hydrogen-bond donors (Lipinski definition) is 1. The number of hydrogen-bond acceptors (Lipinski definition) is 2. The highest BCUT2D eigenvalue weighted by atomic mass is 35.5. The van der Waals surface area contributed by atoms with Crippen molar-refractivity contribution < 1.29 is 9.53 Å². The summed E-state index contributed by atoms with van der Waals surface area (Å²) in [5, 5.41) is 0.593. The lowest BCUT2D eigenvalue weighted by atomic mass is 10.1. The molecule has 0 unspecified atom stereocenters. The molecule has 1 aliphatic rings. The third kappa shape index (κ3) is 3.90. The fourth-order valence-corrected chi connectivity index (χ4v) is 3.44. The van der Waals surface area contributed by atoms with Crippen molar-refractivity contribution in [2.75, 3.05) is 7.11 Å². The minimum Gasteiger partial charge on any atom is -0.497 e. The topological polar surface area (TPSA) is 59.4 Å². The Bertz CT molecular complexity index is 1060. The minimum absolute atomic E-state index is 0.298. The predicted molar refractivity (Wildman–Crippen MR) is 110 cm³/mol.